The van der Waals surface area contributed by atoms with Gasteiger partial charge in [-0.05, 0) is 48.9 Å². The molecule has 1 aliphatic carbocycles. The summed E-state index contributed by atoms with van der Waals surface area (Å²) < 4.78 is 23.1. The lowest BCUT2D eigenvalue weighted by atomic mass is 9.69. The van der Waals surface area contributed by atoms with Crippen molar-refractivity contribution in [2.24, 2.45) is 17.3 Å². The molecule has 1 aliphatic rings. The van der Waals surface area contributed by atoms with Crippen LogP contribution < -0.4 is 29.6 Å². The maximum Gasteiger partial charge on any atom is 0.236 e. The molecule has 10 nitrogen and oxygen atoms in total. The number of hydrogen-bond acceptors (Lipinski definition) is 8. The summed E-state index contributed by atoms with van der Waals surface area (Å²) in [6.07, 6.45) is 2.72. The van der Waals surface area contributed by atoms with Crippen LogP contribution in [0.2, 0.25) is 0 Å². The Labute approximate surface area is 331 Å². The highest BCUT2D eigenvalue weighted by molar-refractivity contribution is 6.05. The van der Waals surface area contributed by atoms with Crippen LogP contribution in [-0.2, 0) is 20.8 Å². The van der Waals surface area contributed by atoms with E-state index in [2.05, 4.69) is 10.6 Å². The number of aliphatic hydroxyl groups is 2. The van der Waals surface area contributed by atoms with Crippen molar-refractivity contribution in [2.75, 3.05) is 28.4 Å². The highest BCUT2D eigenvalue weighted by Gasteiger charge is 2.54. The van der Waals surface area contributed by atoms with Gasteiger partial charge in [-0.2, -0.15) is 0 Å². The summed E-state index contributed by atoms with van der Waals surface area (Å²) in [5.41, 5.74) is -3.49. The van der Waals surface area contributed by atoms with Crippen LogP contribution in [0.1, 0.15) is 82.1 Å². The van der Waals surface area contributed by atoms with Crippen molar-refractivity contribution in [3.63, 3.8) is 0 Å². The van der Waals surface area contributed by atoms with Crippen molar-refractivity contribution in [3.8, 4) is 23.0 Å². The number of rotatable bonds is 16. The van der Waals surface area contributed by atoms with Crippen molar-refractivity contribution in [2.45, 2.75) is 83.1 Å². The van der Waals surface area contributed by atoms with Crippen LogP contribution in [0.25, 0.3) is 0 Å². The van der Waals surface area contributed by atoms with Crippen LogP contribution >= 0.6 is 0 Å². The van der Waals surface area contributed by atoms with Crippen molar-refractivity contribution in [1.29, 1.82) is 0 Å². The molecule has 0 bridgehead atoms. The van der Waals surface area contributed by atoms with Gasteiger partial charge in [-0.25, -0.2) is 0 Å². The molecule has 300 valence electrons. The van der Waals surface area contributed by atoms with Gasteiger partial charge in [0.25, 0.3) is 0 Å². The Balaban J connectivity index is 1.64. The molecule has 0 radical (unpaired) electrons. The lowest BCUT2D eigenvalue weighted by molar-refractivity contribution is -0.150. The zero-order valence-corrected chi connectivity index (χ0v) is 33.9. The molecule has 2 amide bonds. The first-order valence-corrected chi connectivity index (χ1v) is 19.5. The standard InChI is InChI=1S/C46H58N2O8/c1-30(2)40(45(51,32-20-10-14-24-36(32)53-5)33-21-11-15-25-37(33)54-6)47-42(49)44(28-18-9-19-29-44)43(50)48-41(31(3)4)46(52,34-22-12-16-26-38(34)55-7)35-23-13-17-27-39(35)56-8/h10-17,20-27,30-31,40-41,51-52H,9,18-19,28-29H2,1-8H3,(H,47,49)(H,48,50)/t40-,41-/m1/s1. The van der Waals surface area contributed by atoms with Gasteiger partial charge < -0.3 is 39.8 Å². The Kier molecular flexibility index (Phi) is 13.4. The predicted octanol–water partition coefficient (Wildman–Crippen LogP) is 7.13. The fraction of sp³-hybridized carbons (Fsp3) is 0.435. The van der Waals surface area contributed by atoms with Gasteiger partial charge in [-0.1, -0.05) is 120 Å². The smallest absolute Gasteiger partial charge is 0.236 e. The molecule has 1 fully saturated rings. The first-order valence-electron chi connectivity index (χ1n) is 19.5. The molecule has 2 atom stereocenters. The third-order valence-corrected chi connectivity index (χ3v) is 11.5. The lowest BCUT2D eigenvalue weighted by Gasteiger charge is -2.45. The summed E-state index contributed by atoms with van der Waals surface area (Å²) in [5, 5.41) is 32.9. The number of carbonyl (C=O) groups is 2. The van der Waals surface area contributed by atoms with E-state index in [4.69, 9.17) is 18.9 Å². The first-order chi connectivity index (χ1) is 26.8. The monoisotopic (exact) mass is 766 g/mol. The van der Waals surface area contributed by atoms with Crippen LogP contribution in [0.15, 0.2) is 97.1 Å². The van der Waals surface area contributed by atoms with E-state index in [1.807, 2.05) is 76.2 Å². The second kappa shape index (κ2) is 17.8. The number of para-hydroxylation sites is 4. The summed E-state index contributed by atoms with van der Waals surface area (Å²) in [6.45, 7) is 7.68. The predicted molar refractivity (Wildman–Crippen MR) is 217 cm³/mol. The number of nitrogens with one attached hydrogen (secondary N) is 2. The van der Waals surface area contributed by atoms with Gasteiger partial charge in [0.05, 0.1) is 40.5 Å². The van der Waals surface area contributed by atoms with E-state index in [0.717, 1.165) is 6.42 Å². The van der Waals surface area contributed by atoms with E-state index < -0.39 is 40.5 Å². The maximum absolute atomic E-state index is 15.2. The molecule has 0 spiro atoms. The number of ether oxygens (including phenoxy) is 4. The SMILES string of the molecule is COc1ccccc1C(O)(c1ccccc1OC)[C@H](NC(=O)C1(C(=O)N[C@H](C(C)C)C(O)(c2ccccc2OC)c2ccccc2OC)CCCCC1)C(C)C. The summed E-state index contributed by atoms with van der Waals surface area (Å²) in [4.78, 5) is 30.4. The van der Waals surface area contributed by atoms with Crippen LogP contribution in [0, 0.1) is 17.3 Å². The number of amides is 2. The summed E-state index contributed by atoms with van der Waals surface area (Å²) >= 11 is 0. The number of carbonyl (C=O) groups excluding carboxylic acids is 2. The fourth-order valence-electron chi connectivity index (χ4n) is 8.58. The van der Waals surface area contributed by atoms with Crippen molar-refractivity contribution in [3.05, 3.63) is 119 Å². The Morgan fingerprint density at radius 2 is 0.786 bits per heavy atom. The van der Waals surface area contributed by atoms with E-state index in [-0.39, 0.29) is 24.7 Å². The van der Waals surface area contributed by atoms with Gasteiger partial charge in [0, 0.05) is 22.3 Å². The second-order valence-corrected chi connectivity index (χ2v) is 15.4. The molecule has 56 heavy (non-hydrogen) atoms. The number of hydrogen-bond donors (Lipinski definition) is 4. The van der Waals surface area contributed by atoms with Crippen LogP contribution in [0.4, 0.5) is 0 Å². The Morgan fingerprint density at radius 1 is 0.518 bits per heavy atom. The van der Waals surface area contributed by atoms with E-state index in [1.54, 1.807) is 48.5 Å². The average molecular weight is 767 g/mol. The molecule has 1 saturated carbocycles. The topological polar surface area (TPSA) is 136 Å². The summed E-state index contributed by atoms with van der Waals surface area (Å²) in [6, 6.07) is 26.8. The third kappa shape index (κ3) is 7.69. The van der Waals surface area contributed by atoms with Crippen molar-refractivity contribution < 1.29 is 38.7 Å². The van der Waals surface area contributed by atoms with Crippen molar-refractivity contribution in [1.82, 2.24) is 10.6 Å². The summed E-state index contributed by atoms with van der Waals surface area (Å²) in [5.74, 6) is 0.0271. The quantitative estimate of drug-likeness (QED) is 0.0886. The van der Waals surface area contributed by atoms with Gasteiger partial charge in [0.2, 0.25) is 11.8 Å². The molecular weight excluding hydrogens is 709 g/mol. The van der Waals surface area contributed by atoms with E-state index in [0.29, 0.717) is 58.1 Å². The highest BCUT2D eigenvalue weighted by Crippen LogP contribution is 2.47. The molecule has 4 aromatic carbocycles. The molecule has 4 N–H and O–H groups in total. The number of benzene rings is 4. The normalized spacial score (nSPS) is 15.4. The molecule has 4 aromatic rings. The maximum atomic E-state index is 15.2. The third-order valence-electron chi connectivity index (χ3n) is 11.5. The number of methoxy groups -OCH3 is 4. The van der Waals surface area contributed by atoms with Gasteiger partial charge in [-0.15, -0.1) is 0 Å². The second-order valence-electron chi connectivity index (χ2n) is 15.4. The Morgan fingerprint density at radius 3 is 1.04 bits per heavy atom. The van der Waals surface area contributed by atoms with Crippen molar-refractivity contribution >= 4 is 11.8 Å². The molecule has 0 aromatic heterocycles. The highest BCUT2D eigenvalue weighted by atomic mass is 16.5. The average Bonchev–Trinajstić information content (AvgIpc) is 3.23. The van der Waals surface area contributed by atoms with Crippen LogP contribution in [-0.4, -0.2) is 62.6 Å². The van der Waals surface area contributed by atoms with E-state index >= 15 is 9.59 Å². The molecule has 0 aliphatic heterocycles. The minimum Gasteiger partial charge on any atom is -0.496 e. The van der Waals surface area contributed by atoms with Crippen LogP contribution in [0.5, 0.6) is 23.0 Å². The Hall–Kier alpha value is -5.06. The van der Waals surface area contributed by atoms with Gasteiger partial charge in [0.15, 0.2) is 0 Å². The minimum atomic E-state index is -1.86. The molecule has 10 heteroatoms. The van der Waals surface area contributed by atoms with Gasteiger partial charge >= 0.3 is 0 Å². The van der Waals surface area contributed by atoms with E-state index in [1.165, 1.54) is 28.4 Å². The van der Waals surface area contributed by atoms with Gasteiger partial charge in [0.1, 0.15) is 39.6 Å². The molecule has 0 heterocycles. The van der Waals surface area contributed by atoms with Crippen LogP contribution in [0.3, 0.4) is 0 Å². The largest absolute Gasteiger partial charge is 0.496 e. The molecule has 0 saturated heterocycles. The lowest BCUT2D eigenvalue weighted by Crippen LogP contribution is -2.63. The first kappa shape index (κ1) is 42.1. The zero-order chi connectivity index (χ0) is 40.7. The molecule has 5 rings (SSSR count). The fourth-order valence-corrected chi connectivity index (χ4v) is 8.58. The molecule has 0 unspecified atom stereocenters. The Bertz CT molecular complexity index is 1720. The minimum absolute atomic E-state index is 0.282. The van der Waals surface area contributed by atoms with E-state index in [9.17, 15) is 10.2 Å². The zero-order valence-electron chi connectivity index (χ0n) is 33.9. The molecular formula is C46H58N2O8. The van der Waals surface area contributed by atoms with Gasteiger partial charge in [-0.3, -0.25) is 9.59 Å². The summed E-state index contributed by atoms with van der Waals surface area (Å²) in [7, 11) is 6.14.